The van der Waals surface area contributed by atoms with Crippen molar-refractivity contribution >= 4 is 23.6 Å². The topological polar surface area (TPSA) is 143 Å². The molecule has 1 amide bonds. The highest BCUT2D eigenvalue weighted by Gasteiger charge is 2.32. The average molecular weight is 454 g/mol. The van der Waals surface area contributed by atoms with Crippen LogP contribution in [0.5, 0.6) is 5.75 Å². The molecule has 1 saturated heterocycles. The van der Waals surface area contributed by atoms with Crippen LogP contribution in [-0.2, 0) is 11.3 Å². The van der Waals surface area contributed by atoms with Gasteiger partial charge in [-0.15, -0.1) is 0 Å². The van der Waals surface area contributed by atoms with Gasteiger partial charge in [-0.1, -0.05) is 12.1 Å². The molecule has 0 radical (unpaired) electrons. The molecule has 9 nitrogen and oxygen atoms in total. The van der Waals surface area contributed by atoms with E-state index in [4.69, 9.17) is 21.6 Å². The first-order valence-corrected chi connectivity index (χ1v) is 10.4. The fraction of sp³-hybridized carbons (Fsp3) is 0.304. The number of amidine groups is 1. The first-order valence-electron chi connectivity index (χ1n) is 10.4. The van der Waals surface area contributed by atoms with Crippen LogP contribution < -0.4 is 21.5 Å². The van der Waals surface area contributed by atoms with Gasteiger partial charge >= 0.3 is 0 Å². The molecule has 0 spiro atoms. The average Bonchev–Trinajstić information content (AvgIpc) is 2.80. The van der Waals surface area contributed by atoms with E-state index < -0.39 is 17.4 Å². The maximum absolute atomic E-state index is 13.3. The molecule has 1 aliphatic heterocycles. The van der Waals surface area contributed by atoms with E-state index in [0.717, 1.165) is 37.0 Å². The van der Waals surface area contributed by atoms with Crippen LogP contribution in [-0.4, -0.2) is 53.6 Å². The lowest BCUT2D eigenvalue weighted by Crippen LogP contribution is -2.53. The Labute approximate surface area is 191 Å². The number of primary amides is 1. The summed E-state index contributed by atoms with van der Waals surface area (Å²) in [6, 6.07) is 10.5. The van der Waals surface area contributed by atoms with Crippen LogP contribution in [0.15, 0.2) is 59.4 Å². The number of carbonyl (C=O) groups is 1. The number of amides is 1. The summed E-state index contributed by atoms with van der Waals surface area (Å²) in [4.78, 5) is 21.8. The number of hydrogen-bond acceptors (Lipinski definition) is 7. The van der Waals surface area contributed by atoms with Crippen LogP contribution in [0, 0.1) is 11.4 Å². The number of carbonyl (C=O) groups excluding carboxylic acids is 1. The van der Waals surface area contributed by atoms with E-state index in [-0.39, 0.29) is 17.1 Å². The Hall–Kier alpha value is -3.79. The predicted octanol–water partition coefficient (Wildman–Crippen LogP) is 1.86. The van der Waals surface area contributed by atoms with Gasteiger partial charge in [0, 0.05) is 44.3 Å². The zero-order chi connectivity index (χ0) is 23.8. The number of nitrogens with two attached hydrogens (primary N) is 2. The minimum absolute atomic E-state index is 0.0488. The first kappa shape index (κ1) is 23.9. The van der Waals surface area contributed by atoms with Gasteiger partial charge in [-0.3, -0.25) is 9.69 Å². The lowest BCUT2D eigenvalue weighted by molar-refractivity contribution is -0.114. The maximum Gasteiger partial charge on any atom is 0.253 e. The number of aliphatic imine (C=N–C) groups is 1. The van der Waals surface area contributed by atoms with Gasteiger partial charge in [0.05, 0.1) is 23.9 Å². The highest BCUT2D eigenvalue weighted by Crippen LogP contribution is 2.23. The third kappa shape index (κ3) is 6.36. The molecule has 0 bridgehead atoms. The van der Waals surface area contributed by atoms with E-state index in [0.29, 0.717) is 12.8 Å². The lowest BCUT2D eigenvalue weighted by atomic mass is 9.88. The minimum Gasteiger partial charge on any atom is -0.497 e. The Balaban J connectivity index is 1.68. The summed E-state index contributed by atoms with van der Waals surface area (Å²) in [6.07, 6.45) is 5.28. The van der Waals surface area contributed by atoms with Crippen molar-refractivity contribution < 1.29 is 13.9 Å². The fourth-order valence-electron chi connectivity index (χ4n) is 3.62. The number of rotatable bonds is 9. The zero-order valence-electron chi connectivity index (χ0n) is 18.4. The smallest absolute Gasteiger partial charge is 0.253 e. The van der Waals surface area contributed by atoms with Crippen molar-refractivity contribution in [2.45, 2.75) is 24.9 Å². The summed E-state index contributed by atoms with van der Waals surface area (Å²) in [5.41, 5.74) is 12.1. The number of methoxy groups -OCH3 is 1. The van der Waals surface area contributed by atoms with Crippen molar-refractivity contribution in [3.8, 4) is 5.75 Å². The number of benzene rings is 1. The summed E-state index contributed by atoms with van der Waals surface area (Å²) < 4.78 is 18.6. The Morgan fingerprint density at radius 2 is 2.09 bits per heavy atom. The van der Waals surface area contributed by atoms with Gasteiger partial charge < -0.3 is 26.9 Å². The van der Waals surface area contributed by atoms with Gasteiger partial charge in [-0.25, -0.2) is 9.98 Å². The molecule has 174 valence electrons. The molecule has 1 fully saturated rings. The van der Waals surface area contributed by atoms with Crippen LogP contribution in [0.2, 0.25) is 0 Å². The summed E-state index contributed by atoms with van der Waals surface area (Å²) in [5.74, 6) is -0.835. The normalized spacial score (nSPS) is 16.8. The second-order valence-corrected chi connectivity index (χ2v) is 7.83. The van der Waals surface area contributed by atoms with Crippen LogP contribution >= 0.6 is 0 Å². The van der Waals surface area contributed by atoms with Gasteiger partial charge in [-0.05, 0) is 36.6 Å². The van der Waals surface area contributed by atoms with Crippen molar-refractivity contribution in [2.24, 2.45) is 16.5 Å². The Kier molecular flexibility index (Phi) is 7.73. The van der Waals surface area contributed by atoms with Gasteiger partial charge in [0.15, 0.2) is 0 Å². The fourth-order valence-corrected chi connectivity index (χ4v) is 3.62. The number of nitrogens with zero attached hydrogens (tertiary/aromatic N) is 3. The van der Waals surface area contributed by atoms with Crippen LogP contribution in [0.4, 0.5) is 10.1 Å². The van der Waals surface area contributed by atoms with Crippen LogP contribution in [0.25, 0.3) is 0 Å². The quantitative estimate of drug-likeness (QED) is 0.198. The molecular formula is C23H28FN7O2. The van der Waals surface area contributed by atoms with Gasteiger partial charge in [0.25, 0.3) is 5.91 Å². The molecule has 0 atom stereocenters. The molecule has 0 unspecified atom stereocenters. The van der Waals surface area contributed by atoms with E-state index >= 15 is 0 Å². The summed E-state index contributed by atoms with van der Waals surface area (Å²) >= 11 is 0. The van der Waals surface area contributed by atoms with Gasteiger partial charge in [0.1, 0.15) is 11.6 Å². The molecular weight excluding hydrogens is 425 g/mol. The third-order valence-corrected chi connectivity index (χ3v) is 5.57. The standard InChI is InChI=1S/C23H28FN7O2/c1-33-18-4-2-3-16(11-18)14-31-9-6-23(15-25,7-10-31)29-13-19(22(27)32)21(26)30-17-5-8-28-20(24)12-17/h2-5,8,11-13,15,25,29H,6-7,9-10,14H2,1H3,(H2,27,32)(H2,26,28,30)/b19-13+,25-15?. The molecule has 0 aliphatic carbocycles. The Morgan fingerprint density at radius 3 is 2.73 bits per heavy atom. The second kappa shape index (κ2) is 10.7. The molecule has 0 saturated carbocycles. The SMILES string of the molecule is COc1cccc(CN2CCC(C=N)(N/C=C(/C(N)=O)C(N)=Nc3ccnc(F)c3)CC2)c1. The van der Waals surface area contributed by atoms with Gasteiger partial charge in [-0.2, -0.15) is 4.39 Å². The lowest BCUT2D eigenvalue weighted by Gasteiger charge is -2.39. The largest absolute Gasteiger partial charge is 0.497 e. The number of aromatic nitrogens is 1. The first-order chi connectivity index (χ1) is 15.8. The molecule has 33 heavy (non-hydrogen) atoms. The molecule has 6 N–H and O–H groups in total. The molecule has 1 aromatic carbocycles. The van der Waals surface area contributed by atoms with Crippen molar-refractivity contribution in [2.75, 3.05) is 20.2 Å². The number of likely N-dealkylation sites (tertiary alicyclic amines) is 1. The maximum atomic E-state index is 13.3. The number of nitrogens with one attached hydrogen (secondary N) is 2. The highest BCUT2D eigenvalue weighted by molar-refractivity contribution is 6.20. The summed E-state index contributed by atoms with van der Waals surface area (Å²) in [7, 11) is 1.64. The Bertz CT molecular complexity index is 1060. The van der Waals surface area contributed by atoms with Crippen molar-refractivity contribution in [1.29, 1.82) is 5.41 Å². The van der Waals surface area contributed by atoms with E-state index in [2.05, 4.69) is 26.3 Å². The van der Waals surface area contributed by atoms with Crippen molar-refractivity contribution in [1.82, 2.24) is 15.2 Å². The molecule has 2 heterocycles. The van der Waals surface area contributed by atoms with E-state index in [1.54, 1.807) is 7.11 Å². The number of halogens is 1. The molecule has 1 aliphatic rings. The van der Waals surface area contributed by atoms with E-state index in [1.165, 1.54) is 24.7 Å². The van der Waals surface area contributed by atoms with E-state index in [9.17, 15) is 9.18 Å². The minimum atomic E-state index is -0.783. The third-order valence-electron chi connectivity index (χ3n) is 5.57. The number of pyridine rings is 1. The monoisotopic (exact) mass is 453 g/mol. The van der Waals surface area contributed by atoms with Crippen LogP contribution in [0.1, 0.15) is 18.4 Å². The van der Waals surface area contributed by atoms with Crippen molar-refractivity contribution in [3.63, 3.8) is 0 Å². The predicted molar refractivity (Wildman–Crippen MR) is 125 cm³/mol. The van der Waals surface area contributed by atoms with E-state index in [1.807, 2.05) is 18.2 Å². The van der Waals surface area contributed by atoms with Gasteiger partial charge in [0.2, 0.25) is 5.95 Å². The number of ether oxygens (including phenoxy) is 1. The second-order valence-electron chi connectivity index (χ2n) is 7.83. The number of piperidine rings is 1. The molecule has 3 rings (SSSR count). The Morgan fingerprint density at radius 1 is 1.33 bits per heavy atom. The highest BCUT2D eigenvalue weighted by atomic mass is 19.1. The van der Waals surface area contributed by atoms with Crippen LogP contribution in [0.3, 0.4) is 0 Å². The zero-order valence-corrected chi connectivity index (χ0v) is 18.4. The molecule has 2 aromatic rings. The summed E-state index contributed by atoms with van der Waals surface area (Å²) in [6.45, 7) is 2.27. The number of hydrogen-bond donors (Lipinski definition) is 4. The molecule has 10 heteroatoms. The molecule has 1 aromatic heterocycles. The summed E-state index contributed by atoms with van der Waals surface area (Å²) in [5, 5.41) is 11.1. The van der Waals surface area contributed by atoms with Crippen molar-refractivity contribution in [3.05, 3.63) is 65.9 Å².